The molecule has 2 heterocycles. The van der Waals surface area contributed by atoms with E-state index < -0.39 is 23.3 Å². The zero-order chi connectivity index (χ0) is 22.5. The summed E-state index contributed by atoms with van der Waals surface area (Å²) in [6.07, 6.45) is 0.980. The number of anilines is 1. The van der Waals surface area contributed by atoms with Gasteiger partial charge in [0.2, 0.25) is 5.91 Å². The van der Waals surface area contributed by atoms with Gasteiger partial charge in [-0.05, 0) is 42.2 Å². The van der Waals surface area contributed by atoms with Gasteiger partial charge in [-0.1, -0.05) is 12.1 Å². The summed E-state index contributed by atoms with van der Waals surface area (Å²) in [6, 6.07) is 8.80. The van der Waals surface area contributed by atoms with E-state index in [0.29, 0.717) is 45.3 Å². The number of nitrogens with one attached hydrogen (secondary N) is 1. The molecule has 8 heteroatoms. The number of aliphatic hydroxyl groups is 2. The van der Waals surface area contributed by atoms with Gasteiger partial charge in [0.25, 0.3) is 0 Å². The van der Waals surface area contributed by atoms with Gasteiger partial charge in [-0.25, -0.2) is 8.78 Å². The molecule has 0 aromatic heterocycles. The highest BCUT2D eigenvalue weighted by Crippen LogP contribution is 2.43. The maximum absolute atomic E-state index is 13.9. The van der Waals surface area contributed by atoms with Crippen LogP contribution in [0.15, 0.2) is 36.4 Å². The summed E-state index contributed by atoms with van der Waals surface area (Å²) >= 11 is 0. The van der Waals surface area contributed by atoms with Crippen molar-refractivity contribution in [3.63, 3.8) is 0 Å². The Labute approximate surface area is 184 Å². The number of nitrogens with zero attached hydrogens (tertiary/aromatic N) is 1. The molecule has 5 rings (SSSR count). The second-order valence-electron chi connectivity index (χ2n) is 9.23. The summed E-state index contributed by atoms with van der Waals surface area (Å²) in [5.41, 5.74) is 1.65. The number of ether oxygens (including phenoxy) is 1. The zero-order valence-corrected chi connectivity index (χ0v) is 17.6. The molecule has 3 N–H and O–H groups in total. The SMILES string of the molecule is O=C1CCc2cc([C@@H](O)CN3C[C@H]4C[C@H](Oc5ccc(F)cc5F)C[C@@]4(O)C3)ccc2N1. The predicted molar refractivity (Wildman–Crippen MR) is 113 cm³/mol. The van der Waals surface area contributed by atoms with Gasteiger partial charge < -0.3 is 20.3 Å². The van der Waals surface area contributed by atoms with E-state index in [1.165, 1.54) is 6.07 Å². The first kappa shape index (κ1) is 21.3. The third-order valence-electron chi connectivity index (χ3n) is 6.89. The Balaban J connectivity index is 1.19. The number of hydrogen-bond donors (Lipinski definition) is 3. The largest absolute Gasteiger partial charge is 0.487 e. The Morgan fingerprint density at radius 2 is 2.06 bits per heavy atom. The Hall–Kier alpha value is -2.55. The normalized spacial score (nSPS) is 28.2. The maximum Gasteiger partial charge on any atom is 0.224 e. The van der Waals surface area contributed by atoms with Gasteiger partial charge in [0.1, 0.15) is 11.9 Å². The van der Waals surface area contributed by atoms with Crippen molar-refractivity contribution in [2.75, 3.05) is 25.0 Å². The minimum atomic E-state index is -0.957. The number of rotatable bonds is 5. The molecule has 2 aromatic carbocycles. The summed E-state index contributed by atoms with van der Waals surface area (Å²) in [6.45, 7) is 1.41. The Morgan fingerprint density at radius 3 is 2.84 bits per heavy atom. The molecule has 0 spiro atoms. The van der Waals surface area contributed by atoms with Crippen molar-refractivity contribution in [3.8, 4) is 5.75 Å². The number of hydrogen-bond acceptors (Lipinski definition) is 5. The number of aryl methyl sites for hydroxylation is 1. The third-order valence-corrected chi connectivity index (χ3v) is 6.89. The van der Waals surface area contributed by atoms with Crippen LogP contribution >= 0.6 is 0 Å². The number of β-amino-alcohol motifs (C(OH)–C–C–N with tert-alkyl or cyclic N) is 2. The lowest BCUT2D eigenvalue weighted by Crippen LogP contribution is -2.36. The van der Waals surface area contributed by atoms with Crippen molar-refractivity contribution in [1.29, 1.82) is 0 Å². The topological polar surface area (TPSA) is 82.0 Å². The first-order valence-corrected chi connectivity index (χ1v) is 11.0. The molecule has 1 saturated carbocycles. The van der Waals surface area contributed by atoms with Crippen molar-refractivity contribution < 1.29 is 28.5 Å². The lowest BCUT2D eigenvalue weighted by molar-refractivity contribution is -0.116. The second kappa shape index (κ2) is 8.10. The van der Waals surface area contributed by atoms with Crippen LogP contribution in [-0.4, -0.2) is 52.4 Å². The number of benzene rings is 2. The van der Waals surface area contributed by atoms with Crippen LogP contribution in [0.4, 0.5) is 14.5 Å². The highest BCUT2D eigenvalue weighted by molar-refractivity contribution is 5.93. The molecule has 2 fully saturated rings. The summed E-state index contributed by atoms with van der Waals surface area (Å²) in [4.78, 5) is 13.6. The summed E-state index contributed by atoms with van der Waals surface area (Å²) < 4.78 is 32.7. The van der Waals surface area contributed by atoms with Gasteiger partial charge in [-0.3, -0.25) is 9.69 Å². The molecule has 2 aliphatic heterocycles. The number of halogens is 2. The molecule has 0 bridgehead atoms. The number of likely N-dealkylation sites (tertiary alicyclic amines) is 1. The van der Waals surface area contributed by atoms with Crippen LogP contribution in [0.25, 0.3) is 0 Å². The number of carbonyl (C=O) groups excluding carboxylic acids is 1. The monoisotopic (exact) mass is 444 g/mol. The Bertz CT molecular complexity index is 1050. The number of amides is 1. The minimum absolute atomic E-state index is 0.00384. The molecule has 3 aliphatic rings. The summed E-state index contributed by atoms with van der Waals surface area (Å²) in [5.74, 6) is -1.44. The molecule has 6 nitrogen and oxygen atoms in total. The van der Waals surface area contributed by atoms with E-state index in [1.807, 2.05) is 23.1 Å². The van der Waals surface area contributed by atoms with Crippen molar-refractivity contribution in [3.05, 3.63) is 59.2 Å². The van der Waals surface area contributed by atoms with Gasteiger partial charge in [-0.15, -0.1) is 0 Å². The molecule has 170 valence electrons. The molecule has 1 saturated heterocycles. The van der Waals surface area contributed by atoms with Gasteiger partial charge in [0, 0.05) is 50.1 Å². The first-order chi connectivity index (χ1) is 15.3. The number of carbonyl (C=O) groups is 1. The lowest BCUT2D eigenvalue weighted by atomic mass is 9.95. The van der Waals surface area contributed by atoms with E-state index >= 15 is 0 Å². The van der Waals surface area contributed by atoms with Crippen molar-refractivity contribution >= 4 is 11.6 Å². The molecule has 0 radical (unpaired) electrons. The molecule has 1 amide bonds. The van der Waals surface area contributed by atoms with Gasteiger partial charge in [-0.2, -0.15) is 0 Å². The van der Waals surface area contributed by atoms with Crippen LogP contribution in [0.1, 0.15) is 36.5 Å². The van der Waals surface area contributed by atoms with E-state index in [9.17, 15) is 23.8 Å². The van der Waals surface area contributed by atoms with Crippen LogP contribution in [0.3, 0.4) is 0 Å². The van der Waals surface area contributed by atoms with E-state index in [1.54, 1.807) is 0 Å². The zero-order valence-electron chi connectivity index (χ0n) is 17.6. The van der Waals surface area contributed by atoms with Gasteiger partial charge >= 0.3 is 0 Å². The first-order valence-electron chi connectivity index (χ1n) is 11.0. The average Bonchev–Trinajstić information content (AvgIpc) is 3.19. The number of aliphatic hydroxyl groups excluding tert-OH is 1. The van der Waals surface area contributed by atoms with Crippen molar-refractivity contribution in [1.82, 2.24) is 4.90 Å². The molecule has 4 atom stereocenters. The maximum atomic E-state index is 13.9. The molecule has 2 aromatic rings. The quantitative estimate of drug-likeness (QED) is 0.661. The lowest BCUT2D eigenvalue weighted by Gasteiger charge is -2.25. The van der Waals surface area contributed by atoms with Gasteiger partial charge in [0.15, 0.2) is 11.6 Å². The highest BCUT2D eigenvalue weighted by atomic mass is 19.1. The van der Waals surface area contributed by atoms with Gasteiger partial charge in [0.05, 0.1) is 11.7 Å². The van der Waals surface area contributed by atoms with Crippen LogP contribution in [-0.2, 0) is 11.2 Å². The molecular weight excluding hydrogens is 418 g/mol. The van der Waals surface area contributed by atoms with E-state index in [4.69, 9.17) is 4.74 Å². The number of fused-ring (bicyclic) bond motifs is 2. The molecule has 1 aliphatic carbocycles. The van der Waals surface area contributed by atoms with E-state index in [0.717, 1.165) is 28.9 Å². The van der Waals surface area contributed by atoms with E-state index in [-0.39, 0.29) is 23.7 Å². The van der Waals surface area contributed by atoms with Crippen molar-refractivity contribution in [2.24, 2.45) is 5.92 Å². The van der Waals surface area contributed by atoms with Crippen LogP contribution in [0, 0.1) is 17.6 Å². The third kappa shape index (κ3) is 4.10. The Morgan fingerprint density at radius 1 is 1.22 bits per heavy atom. The fraction of sp³-hybridized carbons (Fsp3) is 0.458. The van der Waals surface area contributed by atoms with Crippen LogP contribution < -0.4 is 10.1 Å². The van der Waals surface area contributed by atoms with Crippen molar-refractivity contribution in [2.45, 2.75) is 43.5 Å². The fourth-order valence-electron chi connectivity index (χ4n) is 5.32. The summed E-state index contributed by atoms with van der Waals surface area (Å²) in [7, 11) is 0. The predicted octanol–water partition coefficient (Wildman–Crippen LogP) is 2.79. The second-order valence-corrected chi connectivity index (χ2v) is 9.23. The highest BCUT2D eigenvalue weighted by Gasteiger charge is 2.53. The summed E-state index contributed by atoms with van der Waals surface area (Å²) in [5, 5.41) is 24.7. The molecule has 0 unspecified atom stereocenters. The molecular formula is C24H26F2N2O4. The fourth-order valence-corrected chi connectivity index (χ4v) is 5.32. The minimum Gasteiger partial charge on any atom is -0.487 e. The van der Waals surface area contributed by atoms with E-state index in [2.05, 4.69) is 5.32 Å². The standard InChI is InChI=1S/C24H26F2N2O4/c25-17-3-5-22(19(26)9-17)32-18-8-16-11-28(13-24(16,31)10-18)12-21(29)15-1-4-20-14(7-15)2-6-23(30)27-20/h1,3-5,7,9,16,18,21,29,31H,2,6,8,10-13H2,(H,27,30)/t16-,18+,21+,24-/m1/s1. The smallest absolute Gasteiger partial charge is 0.224 e. The average molecular weight is 444 g/mol. The molecule has 32 heavy (non-hydrogen) atoms. The van der Waals surface area contributed by atoms with Crippen LogP contribution in [0.5, 0.6) is 5.75 Å². The van der Waals surface area contributed by atoms with Crippen LogP contribution in [0.2, 0.25) is 0 Å². The Kier molecular flexibility index (Phi) is 5.39.